The summed E-state index contributed by atoms with van der Waals surface area (Å²) in [5, 5.41) is 3.87. The lowest BCUT2D eigenvalue weighted by Gasteiger charge is -2.55. The summed E-state index contributed by atoms with van der Waals surface area (Å²) in [4.78, 5) is 14.8. The van der Waals surface area contributed by atoms with Crippen LogP contribution in [0.1, 0.15) is 31.0 Å². The zero-order chi connectivity index (χ0) is 20.8. The Kier molecular flexibility index (Phi) is 4.86. The average Bonchev–Trinajstić information content (AvgIpc) is 2.72. The van der Waals surface area contributed by atoms with Crippen molar-refractivity contribution in [1.29, 1.82) is 0 Å². The first kappa shape index (κ1) is 19.5. The Hall–Kier alpha value is -2.80. The van der Waals surface area contributed by atoms with Crippen molar-refractivity contribution >= 4 is 29.0 Å². The minimum atomic E-state index is -1.09. The molecule has 4 rings (SSSR count). The fourth-order valence-electron chi connectivity index (χ4n) is 4.41. The Morgan fingerprint density at radius 2 is 2.00 bits per heavy atom. The lowest BCUT2D eigenvalue weighted by Crippen LogP contribution is -2.71. The predicted molar refractivity (Wildman–Crippen MR) is 114 cm³/mol. The van der Waals surface area contributed by atoms with Crippen LogP contribution in [0.5, 0.6) is 11.5 Å². The van der Waals surface area contributed by atoms with E-state index in [9.17, 15) is 4.79 Å². The first-order chi connectivity index (χ1) is 14.0. The topological polar surface area (TPSA) is 60.0 Å². The summed E-state index contributed by atoms with van der Waals surface area (Å²) in [6.07, 6.45) is 0.817. The number of carbonyl (C=O) groups excluding carboxylic acids is 1. The summed E-state index contributed by atoms with van der Waals surface area (Å²) in [7, 11) is 3.00. The van der Waals surface area contributed by atoms with Gasteiger partial charge in [0.1, 0.15) is 5.92 Å². The second-order valence-electron chi connectivity index (χ2n) is 7.28. The highest BCUT2D eigenvalue weighted by Gasteiger charge is 2.60. The molecule has 6 nitrogen and oxygen atoms in total. The van der Waals surface area contributed by atoms with Crippen molar-refractivity contribution in [1.82, 2.24) is 5.32 Å². The average molecular weight is 413 g/mol. The Labute approximate surface area is 175 Å². The fraction of sp³-hybridized carbons (Fsp3) is 0.364. The largest absolute Gasteiger partial charge is 0.493 e. The summed E-state index contributed by atoms with van der Waals surface area (Å²) in [5.41, 5.74) is 1.74. The van der Waals surface area contributed by atoms with Crippen molar-refractivity contribution in [2.45, 2.75) is 32.0 Å². The van der Waals surface area contributed by atoms with Gasteiger partial charge in [0.15, 0.2) is 16.6 Å². The van der Waals surface area contributed by atoms with Crippen molar-refractivity contribution in [2.75, 3.05) is 19.1 Å². The Morgan fingerprint density at radius 1 is 1.24 bits per heavy atom. The van der Waals surface area contributed by atoms with Gasteiger partial charge in [-0.3, -0.25) is 9.69 Å². The molecule has 0 aromatic heterocycles. The number of nitrogens with one attached hydrogen (secondary N) is 1. The lowest BCUT2D eigenvalue weighted by molar-refractivity contribution is -0.157. The minimum Gasteiger partial charge on any atom is -0.493 e. The number of anilines is 1. The van der Waals surface area contributed by atoms with Crippen LogP contribution in [0.15, 0.2) is 42.5 Å². The second kappa shape index (κ2) is 7.22. The van der Waals surface area contributed by atoms with E-state index < -0.39 is 11.6 Å². The van der Waals surface area contributed by atoms with Gasteiger partial charge >= 0.3 is 5.97 Å². The monoisotopic (exact) mass is 412 g/mol. The first-order valence-corrected chi connectivity index (χ1v) is 9.99. The maximum absolute atomic E-state index is 12.9. The van der Waals surface area contributed by atoms with Crippen LogP contribution in [0.25, 0.3) is 0 Å². The molecule has 3 atom stereocenters. The molecule has 2 bridgehead atoms. The molecule has 1 N–H and O–H groups in total. The van der Waals surface area contributed by atoms with Crippen LogP contribution in [-0.2, 0) is 16.0 Å². The van der Waals surface area contributed by atoms with Gasteiger partial charge in [0.05, 0.1) is 25.9 Å². The normalized spacial score (nSPS) is 24.8. The number of carbonyl (C=O) groups is 1. The molecular weight excluding hydrogens is 388 g/mol. The molecule has 1 saturated heterocycles. The fourth-order valence-corrected chi connectivity index (χ4v) is 4.82. The van der Waals surface area contributed by atoms with Gasteiger partial charge < -0.3 is 19.5 Å². The van der Waals surface area contributed by atoms with E-state index in [1.807, 2.05) is 48.2 Å². The molecule has 2 aliphatic rings. The van der Waals surface area contributed by atoms with Crippen molar-refractivity contribution < 1.29 is 19.0 Å². The number of ether oxygens (including phenoxy) is 3. The maximum atomic E-state index is 12.9. The number of methoxy groups -OCH3 is 2. The van der Waals surface area contributed by atoms with Gasteiger partial charge in [-0.05, 0) is 43.3 Å². The SMILES string of the molecule is CCc1ccccc1N1C(=S)NC2c3cccc(OC)c3OC1(C)C2C(=O)OC. The van der Waals surface area contributed by atoms with Crippen molar-refractivity contribution in [3.05, 3.63) is 53.6 Å². The molecule has 2 heterocycles. The zero-order valence-electron chi connectivity index (χ0n) is 16.9. The van der Waals surface area contributed by atoms with Gasteiger partial charge in [-0.25, -0.2) is 0 Å². The summed E-state index contributed by atoms with van der Waals surface area (Å²) >= 11 is 5.76. The molecule has 0 radical (unpaired) electrons. The molecule has 1 fully saturated rings. The first-order valence-electron chi connectivity index (χ1n) is 9.58. The Morgan fingerprint density at radius 3 is 2.69 bits per heavy atom. The summed E-state index contributed by atoms with van der Waals surface area (Å²) in [6.45, 7) is 3.97. The van der Waals surface area contributed by atoms with E-state index in [2.05, 4.69) is 18.3 Å². The molecule has 0 amide bonds. The van der Waals surface area contributed by atoms with Gasteiger partial charge in [-0.1, -0.05) is 37.3 Å². The van der Waals surface area contributed by atoms with Gasteiger partial charge in [0.25, 0.3) is 0 Å². The van der Waals surface area contributed by atoms with Crippen LogP contribution in [-0.4, -0.2) is 31.0 Å². The number of hydrogen-bond donors (Lipinski definition) is 1. The highest BCUT2D eigenvalue weighted by Crippen LogP contribution is 2.52. The summed E-state index contributed by atoms with van der Waals surface area (Å²) in [6, 6.07) is 13.3. The van der Waals surface area contributed by atoms with Gasteiger partial charge in [-0.2, -0.15) is 0 Å². The van der Waals surface area contributed by atoms with Gasteiger partial charge in [0.2, 0.25) is 5.72 Å². The molecule has 0 aliphatic carbocycles. The maximum Gasteiger partial charge on any atom is 0.317 e. The third-order valence-corrected chi connectivity index (χ3v) is 6.08. The number of thiocarbonyl (C=S) groups is 1. The third-order valence-electron chi connectivity index (χ3n) is 5.78. The second-order valence-corrected chi connectivity index (χ2v) is 7.67. The number of para-hydroxylation sites is 2. The van der Waals surface area contributed by atoms with E-state index in [1.165, 1.54) is 7.11 Å². The molecule has 29 heavy (non-hydrogen) atoms. The number of fused-ring (bicyclic) bond motifs is 4. The molecular formula is C22H24N2O4S. The Balaban J connectivity index is 1.96. The molecule has 2 aliphatic heterocycles. The van der Waals surface area contributed by atoms with Crippen molar-refractivity contribution in [3.63, 3.8) is 0 Å². The molecule has 152 valence electrons. The standard InChI is InChI=1S/C22H24N2O4S/c1-5-13-9-6-7-11-15(13)24-21(29)23-18-14-10-8-12-16(26-3)19(14)28-22(24,2)17(18)20(25)27-4/h6-12,17-18H,5H2,1-4H3,(H,23,29). The number of nitrogens with zero attached hydrogens (tertiary/aromatic N) is 1. The molecule has 0 spiro atoms. The van der Waals surface area contributed by atoms with E-state index in [1.54, 1.807) is 7.11 Å². The van der Waals surface area contributed by atoms with Crippen LogP contribution in [0.3, 0.4) is 0 Å². The van der Waals surface area contributed by atoms with Crippen LogP contribution in [0.2, 0.25) is 0 Å². The van der Waals surface area contributed by atoms with E-state index >= 15 is 0 Å². The van der Waals surface area contributed by atoms with E-state index in [0.717, 1.165) is 23.2 Å². The van der Waals surface area contributed by atoms with E-state index in [0.29, 0.717) is 16.6 Å². The number of esters is 1. The van der Waals surface area contributed by atoms with Crippen molar-refractivity contribution in [2.24, 2.45) is 5.92 Å². The molecule has 2 aromatic rings. The molecule has 7 heteroatoms. The van der Waals surface area contributed by atoms with Crippen LogP contribution in [0, 0.1) is 5.92 Å². The summed E-state index contributed by atoms with van der Waals surface area (Å²) < 4.78 is 17.3. The van der Waals surface area contributed by atoms with E-state index in [4.69, 9.17) is 26.4 Å². The number of aryl methyl sites for hydroxylation is 1. The van der Waals surface area contributed by atoms with E-state index in [-0.39, 0.29) is 12.0 Å². The summed E-state index contributed by atoms with van der Waals surface area (Å²) in [5.74, 6) is 0.223. The molecule has 2 aromatic carbocycles. The van der Waals surface area contributed by atoms with Crippen LogP contribution < -0.4 is 19.7 Å². The lowest BCUT2D eigenvalue weighted by atomic mass is 9.79. The smallest absolute Gasteiger partial charge is 0.317 e. The Bertz CT molecular complexity index is 979. The number of benzene rings is 2. The predicted octanol–water partition coefficient (Wildman–Crippen LogP) is 3.59. The number of hydrogen-bond acceptors (Lipinski definition) is 5. The molecule has 3 unspecified atom stereocenters. The number of rotatable bonds is 4. The highest BCUT2D eigenvalue weighted by atomic mass is 32.1. The minimum absolute atomic E-state index is 0.361. The van der Waals surface area contributed by atoms with Crippen molar-refractivity contribution in [3.8, 4) is 11.5 Å². The quantitative estimate of drug-likeness (QED) is 0.608. The third kappa shape index (κ3) is 2.83. The zero-order valence-corrected chi connectivity index (χ0v) is 17.7. The van der Waals surface area contributed by atoms with Crippen LogP contribution in [0.4, 0.5) is 5.69 Å². The molecule has 0 saturated carbocycles. The van der Waals surface area contributed by atoms with Gasteiger partial charge in [-0.15, -0.1) is 0 Å². The van der Waals surface area contributed by atoms with Crippen LogP contribution >= 0.6 is 12.2 Å². The van der Waals surface area contributed by atoms with Gasteiger partial charge in [0, 0.05) is 5.56 Å². The highest BCUT2D eigenvalue weighted by molar-refractivity contribution is 7.80.